The Kier molecular flexibility index (Phi) is 3.64. The molecule has 0 atom stereocenters. The lowest BCUT2D eigenvalue weighted by Crippen LogP contribution is -2.02. The van der Waals surface area contributed by atoms with E-state index in [-0.39, 0.29) is 0 Å². The van der Waals surface area contributed by atoms with Gasteiger partial charge in [0.15, 0.2) is 0 Å². The fourth-order valence-corrected chi connectivity index (χ4v) is 1.88. The summed E-state index contributed by atoms with van der Waals surface area (Å²) in [6, 6.07) is 17.9. The average molecular weight is 262 g/mol. The van der Waals surface area contributed by atoms with Crippen LogP contribution in [-0.2, 0) is 6.54 Å². The van der Waals surface area contributed by atoms with Crippen molar-refractivity contribution in [3.8, 4) is 11.3 Å². The molecule has 0 aliphatic heterocycles. The Morgan fingerprint density at radius 3 is 2.45 bits per heavy atom. The van der Waals surface area contributed by atoms with Gasteiger partial charge in [-0.25, -0.2) is 0 Å². The summed E-state index contributed by atoms with van der Waals surface area (Å²) in [6.07, 6.45) is 3.59. The molecule has 0 aliphatic carbocycles. The highest BCUT2D eigenvalue weighted by atomic mass is 15.2. The number of aromatic nitrogens is 3. The van der Waals surface area contributed by atoms with Crippen LogP contribution in [0.3, 0.4) is 0 Å². The minimum absolute atomic E-state index is 0.688. The van der Waals surface area contributed by atoms with E-state index in [1.165, 1.54) is 0 Å². The monoisotopic (exact) mass is 262 g/mol. The zero-order valence-corrected chi connectivity index (χ0v) is 10.9. The smallest absolute Gasteiger partial charge is 0.148 e. The molecule has 1 aromatic carbocycles. The van der Waals surface area contributed by atoms with Crippen molar-refractivity contribution in [2.24, 2.45) is 0 Å². The Balaban J connectivity index is 1.68. The third-order valence-electron chi connectivity index (χ3n) is 2.93. The molecule has 0 bridgehead atoms. The maximum atomic E-state index is 4.23. The highest BCUT2D eigenvalue weighted by molar-refractivity contribution is 5.59. The third-order valence-corrected chi connectivity index (χ3v) is 2.93. The second kappa shape index (κ2) is 5.93. The maximum absolute atomic E-state index is 4.23. The summed E-state index contributed by atoms with van der Waals surface area (Å²) < 4.78 is 0. The van der Waals surface area contributed by atoms with Gasteiger partial charge in [-0.1, -0.05) is 36.4 Å². The van der Waals surface area contributed by atoms with Crippen molar-refractivity contribution in [3.05, 3.63) is 72.6 Å². The standard InChI is InChI=1S/C16H14N4/c1-2-6-14(7-3-1)15-8-9-16(20-19-15)18-12-13-5-4-10-17-11-13/h1-11H,12H2,(H,18,20). The van der Waals surface area contributed by atoms with Crippen molar-refractivity contribution >= 4 is 5.82 Å². The number of nitrogens with zero attached hydrogens (tertiary/aromatic N) is 3. The molecule has 4 heteroatoms. The van der Waals surface area contributed by atoms with Gasteiger partial charge in [-0.15, -0.1) is 10.2 Å². The second-order valence-corrected chi connectivity index (χ2v) is 4.38. The number of hydrogen-bond acceptors (Lipinski definition) is 4. The van der Waals surface area contributed by atoms with Gasteiger partial charge in [-0.05, 0) is 23.8 Å². The van der Waals surface area contributed by atoms with Crippen molar-refractivity contribution in [2.75, 3.05) is 5.32 Å². The zero-order chi connectivity index (χ0) is 13.6. The average Bonchev–Trinajstić information content (AvgIpc) is 2.55. The first-order valence-electron chi connectivity index (χ1n) is 6.44. The Morgan fingerprint density at radius 2 is 1.75 bits per heavy atom. The van der Waals surface area contributed by atoms with E-state index in [4.69, 9.17) is 0 Å². The first-order valence-corrected chi connectivity index (χ1v) is 6.44. The third kappa shape index (κ3) is 2.98. The predicted octanol–water partition coefficient (Wildman–Crippen LogP) is 3.15. The summed E-state index contributed by atoms with van der Waals surface area (Å²) in [5.74, 6) is 0.758. The lowest BCUT2D eigenvalue weighted by molar-refractivity contribution is 1.00. The number of benzene rings is 1. The Hall–Kier alpha value is -2.75. The van der Waals surface area contributed by atoms with Crippen LogP contribution in [0, 0.1) is 0 Å². The SMILES string of the molecule is c1ccc(-c2ccc(NCc3cccnc3)nn2)cc1. The molecule has 3 aromatic rings. The van der Waals surface area contributed by atoms with Gasteiger partial charge in [0.1, 0.15) is 5.82 Å². The van der Waals surface area contributed by atoms with Crippen molar-refractivity contribution in [3.63, 3.8) is 0 Å². The van der Waals surface area contributed by atoms with Gasteiger partial charge in [0.05, 0.1) is 5.69 Å². The van der Waals surface area contributed by atoms with E-state index in [9.17, 15) is 0 Å². The van der Waals surface area contributed by atoms with Crippen LogP contribution >= 0.6 is 0 Å². The van der Waals surface area contributed by atoms with Crippen LogP contribution in [-0.4, -0.2) is 15.2 Å². The number of hydrogen-bond donors (Lipinski definition) is 1. The molecule has 20 heavy (non-hydrogen) atoms. The topological polar surface area (TPSA) is 50.7 Å². The van der Waals surface area contributed by atoms with Crippen molar-refractivity contribution in [1.82, 2.24) is 15.2 Å². The van der Waals surface area contributed by atoms with Gasteiger partial charge in [-0.3, -0.25) is 4.98 Å². The number of pyridine rings is 1. The van der Waals surface area contributed by atoms with Crippen LogP contribution in [0.25, 0.3) is 11.3 Å². The van der Waals surface area contributed by atoms with Crippen LogP contribution < -0.4 is 5.32 Å². The normalized spacial score (nSPS) is 10.2. The lowest BCUT2D eigenvalue weighted by atomic mass is 10.1. The molecule has 0 unspecified atom stereocenters. The van der Waals surface area contributed by atoms with E-state index < -0.39 is 0 Å². The summed E-state index contributed by atoms with van der Waals surface area (Å²) in [6.45, 7) is 0.688. The summed E-state index contributed by atoms with van der Waals surface area (Å²) in [4.78, 5) is 4.07. The highest BCUT2D eigenvalue weighted by Crippen LogP contribution is 2.16. The van der Waals surface area contributed by atoms with Crippen molar-refractivity contribution in [1.29, 1.82) is 0 Å². The van der Waals surface area contributed by atoms with E-state index in [0.29, 0.717) is 6.54 Å². The molecule has 0 amide bonds. The molecule has 4 nitrogen and oxygen atoms in total. The van der Waals surface area contributed by atoms with Crippen LogP contribution in [0.5, 0.6) is 0 Å². The van der Waals surface area contributed by atoms with E-state index in [1.807, 2.05) is 60.8 Å². The van der Waals surface area contributed by atoms with Crippen LogP contribution in [0.4, 0.5) is 5.82 Å². The molecular formula is C16H14N4. The quantitative estimate of drug-likeness (QED) is 0.784. The van der Waals surface area contributed by atoms with Gasteiger partial charge in [0.2, 0.25) is 0 Å². The Bertz CT molecular complexity index is 651. The highest BCUT2D eigenvalue weighted by Gasteiger charge is 2.00. The van der Waals surface area contributed by atoms with Crippen molar-refractivity contribution in [2.45, 2.75) is 6.54 Å². The fourth-order valence-electron chi connectivity index (χ4n) is 1.88. The van der Waals surface area contributed by atoms with E-state index in [0.717, 1.165) is 22.6 Å². The largest absolute Gasteiger partial charge is 0.364 e. The second-order valence-electron chi connectivity index (χ2n) is 4.38. The number of anilines is 1. The molecule has 98 valence electrons. The van der Waals surface area contributed by atoms with Crippen LogP contribution in [0.1, 0.15) is 5.56 Å². The maximum Gasteiger partial charge on any atom is 0.148 e. The van der Waals surface area contributed by atoms with E-state index in [2.05, 4.69) is 20.5 Å². The first kappa shape index (κ1) is 12.3. The molecule has 0 spiro atoms. The molecule has 0 aliphatic rings. The van der Waals surface area contributed by atoms with Gasteiger partial charge < -0.3 is 5.32 Å². The minimum atomic E-state index is 0.688. The minimum Gasteiger partial charge on any atom is -0.364 e. The number of nitrogens with one attached hydrogen (secondary N) is 1. The summed E-state index contributed by atoms with van der Waals surface area (Å²) in [5, 5.41) is 11.6. The van der Waals surface area contributed by atoms with Crippen molar-refractivity contribution < 1.29 is 0 Å². The van der Waals surface area contributed by atoms with E-state index >= 15 is 0 Å². The van der Waals surface area contributed by atoms with Crippen LogP contribution in [0.2, 0.25) is 0 Å². The molecule has 0 radical (unpaired) electrons. The summed E-state index contributed by atoms with van der Waals surface area (Å²) >= 11 is 0. The van der Waals surface area contributed by atoms with Gasteiger partial charge in [0.25, 0.3) is 0 Å². The fraction of sp³-hybridized carbons (Fsp3) is 0.0625. The Labute approximate surface area is 117 Å². The van der Waals surface area contributed by atoms with Gasteiger partial charge >= 0.3 is 0 Å². The molecule has 0 saturated heterocycles. The van der Waals surface area contributed by atoms with E-state index in [1.54, 1.807) is 6.20 Å². The van der Waals surface area contributed by atoms with Gasteiger partial charge in [-0.2, -0.15) is 0 Å². The molecule has 3 rings (SSSR count). The molecule has 0 fully saturated rings. The zero-order valence-electron chi connectivity index (χ0n) is 10.9. The molecule has 2 aromatic heterocycles. The Morgan fingerprint density at radius 1 is 0.850 bits per heavy atom. The number of rotatable bonds is 4. The molecule has 2 heterocycles. The molecular weight excluding hydrogens is 248 g/mol. The molecule has 0 saturated carbocycles. The lowest BCUT2D eigenvalue weighted by Gasteiger charge is -2.05. The first-order chi connectivity index (χ1) is 9.92. The van der Waals surface area contributed by atoms with Gasteiger partial charge in [0, 0.05) is 24.5 Å². The van der Waals surface area contributed by atoms with Crippen LogP contribution in [0.15, 0.2) is 67.0 Å². The summed E-state index contributed by atoms with van der Waals surface area (Å²) in [7, 11) is 0. The molecule has 1 N–H and O–H groups in total. The summed E-state index contributed by atoms with van der Waals surface area (Å²) in [5.41, 5.74) is 3.05. The predicted molar refractivity (Wildman–Crippen MR) is 79.0 cm³/mol.